The first-order valence-corrected chi connectivity index (χ1v) is 8.34. The van der Waals surface area contributed by atoms with Gasteiger partial charge < -0.3 is 10.6 Å². The van der Waals surface area contributed by atoms with E-state index in [4.69, 9.17) is 11.6 Å². The summed E-state index contributed by atoms with van der Waals surface area (Å²) in [7, 11) is 0. The van der Waals surface area contributed by atoms with Crippen LogP contribution in [0.2, 0.25) is 5.02 Å². The Hall–Kier alpha value is -2.40. The molecule has 2 N–H and O–H groups in total. The molecule has 0 saturated heterocycles. The molecule has 1 aromatic carbocycles. The predicted octanol–water partition coefficient (Wildman–Crippen LogP) is 3.66. The Balaban J connectivity index is 1.69. The molecular formula is C18H18ClN3O2. The molecule has 1 heterocycles. The third-order valence-corrected chi connectivity index (χ3v) is 4.22. The molecule has 2 amide bonds. The minimum atomic E-state index is -0.382. The van der Waals surface area contributed by atoms with Gasteiger partial charge in [0.05, 0.1) is 0 Å². The van der Waals surface area contributed by atoms with Crippen LogP contribution in [0.15, 0.2) is 42.5 Å². The topological polar surface area (TPSA) is 71.1 Å². The van der Waals surface area contributed by atoms with Gasteiger partial charge in [-0.1, -0.05) is 36.6 Å². The lowest BCUT2D eigenvalue weighted by Crippen LogP contribution is -2.33. The lowest BCUT2D eigenvalue weighted by Gasteiger charge is -2.12. The average molecular weight is 344 g/mol. The van der Waals surface area contributed by atoms with E-state index in [-0.39, 0.29) is 29.2 Å². The maximum Gasteiger partial charge on any atom is 0.274 e. The van der Waals surface area contributed by atoms with E-state index in [1.54, 1.807) is 42.5 Å². The number of hydrogen-bond acceptors (Lipinski definition) is 3. The average Bonchev–Trinajstić information content (AvgIpc) is 3.08. The molecule has 0 aliphatic heterocycles. The fourth-order valence-corrected chi connectivity index (χ4v) is 2.97. The largest absolute Gasteiger partial charge is 0.348 e. The minimum absolute atomic E-state index is 0.189. The molecule has 6 heteroatoms. The van der Waals surface area contributed by atoms with Crippen LogP contribution < -0.4 is 10.6 Å². The highest BCUT2D eigenvalue weighted by Gasteiger charge is 2.19. The Morgan fingerprint density at radius 2 is 1.67 bits per heavy atom. The Labute approximate surface area is 145 Å². The zero-order valence-corrected chi connectivity index (χ0v) is 13.8. The summed E-state index contributed by atoms with van der Waals surface area (Å²) >= 11 is 5.90. The van der Waals surface area contributed by atoms with Crippen LogP contribution >= 0.6 is 11.6 Å². The SMILES string of the molecule is O=C(Nc1cccc(Cl)c1)c1cccc(C(=O)NC2CCCC2)n1. The van der Waals surface area contributed by atoms with E-state index < -0.39 is 0 Å². The van der Waals surface area contributed by atoms with Crippen molar-refractivity contribution in [3.8, 4) is 0 Å². The van der Waals surface area contributed by atoms with E-state index in [1.165, 1.54) is 0 Å². The van der Waals surface area contributed by atoms with Crippen molar-refractivity contribution in [2.75, 3.05) is 5.32 Å². The van der Waals surface area contributed by atoms with Crippen molar-refractivity contribution >= 4 is 29.1 Å². The first-order valence-electron chi connectivity index (χ1n) is 7.96. The molecule has 1 aromatic heterocycles. The number of rotatable bonds is 4. The normalized spacial score (nSPS) is 14.4. The van der Waals surface area contributed by atoms with E-state index in [0.717, 1.165) is 25.7 Å². The Bertz CT molecular complexity index is 757. The van der Waals surface area contributed by atoms with Crippen molar-refractivity contribution in [1.82, 2.24) is 10.3 Å². The molecule has 3 rings (SSSR count). The zero-order chi connectivity index (χ0) is 16.9. The van der Waals surface area contributed by atoms with E-state index >= 15 is 0 Å². The minimum Gasteiger partial charge on any atom is -0.348 e. The molecule has 1 saturated carbocycles. The van der Waals surface area contributed by atoms with Gasteiger partial charge in [-0.25, -0.2) is 4.98 Å². The summed E-state index contributed by atoms with van der Waals surface area (Å²) in [5, 5.41) is 6.22. The van der Waals surface area contributed by atoms with Gasteiger partial charge in [0.15, 0.2) is 0 Å². The van der Waals surface area contributed by atoms with Crippen molar-refractivity contribution in [3.63, 3.8) is 0 Å². The standard InChI is InChI=1S/C18H18ClN3O2/c19-12-5-3-8-14(11-12)21-18(24)16-10-4-9-15(22-16)17(23)20-13-6-1-2-7-13/h3-5,8-11,13H,1-2,6-7H2,(H,20,23)(H,21,24). The molecule has 5 nitrogen and oxygen atoms in total. The van der Waals surface area contributed by atoms with E-state index in [9.17, 15) is 9.59 Å². The smallest absolute Gasteiger partial charge is 0.274 e. The van der Waals surface area contributed by atoms with Gasteiger partial charge in [-0.3, -0.25) is 9.59 Å². The van der Waals surface area contributed by atoms with Gasteiger partial charge in [0.2, 0.25) is 0 Å². The number of nitrogens with zero attached hydrogens (tertiary/aromatic N) is 1. The second-order valence-corrected chi connectivity index (χ2v) is 6.26. The van der Waals surface area contributed by atoms with Gasteiger partial charge in [-0.15, -0.1) is 0 Å². The predicted molar refractivity (Wildman–Crippen MR) is 93.4 cm³/mol. The van der Waals surface area contributed by atoms with Crippen molar-refractivity contribution in [2.45, 2.75) is 31.7 Å². The first-order chi connectivity index (χ1) is 11.6. The number of amides is 2. The Morgan fingerprint density at radius 1 is 1.00 bits per heavy atom. The molecule has 0 atom stereocenters. The maximum atomic E-state index is 12.3. The van der Waals surface area contributed by atoms with Gasteiger partial charge in [0.1, 0.15) is 11.4 Å². The molecule has 0 unspecified atom stereocenters. The van der Waals surface area contributed by atoms with Gasteiger partial charge in [-0.2, -0.15) is 0 Å². The number of carbonyl (C=O) groups is 2. The quantitative estimate of drug-likeness (QED) is 0.890. The summed E-state index contributed by atoms with van der Waals surface area (Å²) < 4.78 is 0. The van der Waals surface area contributed by atoms with Crippen LogP contribution in [0.1, 0.15) is 46.7 Å². The third-order valence-electron chi connectivity index (χ3n) is 3.99. The molecule has 24 heavy (non-hydrogen) atoms. The third kappa shape index (κ3) is 4.11. The van der Waals surface area contributed by atoms with E-state index in [0.29, 0.717) is 10.7 Å². The maximum absolute atomic E-state index is 12.3. The van der Waals surface area contributed by atoms with Crippen LogP contribution in [-0.4, -0.2) is 22.8 Å². The summed E-state index contributed by atoms with van der Waals surface area (Å²) in [6, 6.07) is 11.9. The van der Waals surface area contributed by atoms with Crippen LogP contribution in [0.25, 0.3) is 0 Å². The van der Waals surface area contributed by atoms with E-state index in [2.05, 4.69) is 15.6 Å². The fourth-order valence-electron chi connectivity index (χ4n) is 2.78. The molecule has 0 spiro atoms. The number of anilines is 1. The Morgan fingerprint density at radius 3 is 2.38 bits per heavy atom. The van der Waals surface area contributed by atoms with Crippen LogP contribution in [0.4, 0.5) is 5.69 Å². The van der Waals surface area contributed by atoms with Gasteiger partial charge in [-0.05, 0) is 43.2 Å². The Kier molecular flexibility index (Phi) is 5.11. The van der Waals surface area contributed by atoms with E-state index in [1.807, 2.05) is 0 Å². The highest BCUT2D eigenvalue weighted by molar-refractivity contribution is 6.30. The van der Waals surface area contributed by atoms with Crippen molar-refractivity contribution < 1.29 is 9.59 Å². The van der Waals surface area contributed by atoms with Crippen LogP contribution in [0.5, 0.6) is 0 Å². The number of nitrogens with one attached hydrogen (secondary N) is 2. The number of hydrogen-bond donors (Lipinski definition) is 2. The zero-order valence-electron chi connectivity index (χ0n) is 13.1. The molecule has 0 bridgehead atoms. The number of aromatic nitrogens is 1. The van der Waals surface area contributed by atoms with Crippen molar-refractivity contribution in [2.24, 2.45) is 0 Å². The molecular weight excluding hydrogens is 326 g/mol. The molecule has 2 aromatic rings. The number of halogens is 1. The number of benzene rings is 1. The van der Waals surface area contributed by atoms with Gasteiger partial charge in [0.25, 0.3) is 11.8 Å². The lowest BCUT2D eigenvalue weighted by atomic mass is 10.2. The summed E-state index contributed by atoms with van der Waals surface area (Å²) in [6.45, 7) is 0. The summed E-state index contributed by atoms with van der Waals surface area (Å²) in [5.74, 6) is -0.618. The van der Waals surface area contributed by atoms with Crippen LogP contribution in [0.3, 0.4) is 0 Å². The first kappa shape index (κ1) is 16.5. The summed E-state index contributed by atoms with van der Waals surface area (Å²) in [4.78, 5) is 28.7. The highest BCUT2D eigenvalue weighted by atomic mass is 35.5. The van der Waals surface area contributed by atoms with Gasteiger partial charge in [0, 0.05) is 16.8 Å². The second kappa shape index (κ2) is 7.45. The lowest BCUT2D eigenvalue weighted by molar-refractivity contribution is 0.0932. The number of pyridine rings is 1. The van der Waals surface area contributed by atoms with Crippen LogP contribution in [0, 0.1) is 0 Å². The molecule has 1 aliphatic rings. The number of carbonyl (C=O) groups excluding carboxylic acids is 2. The highest BCUT2D eigenvalue weighted by Crippen LogP contribution is 2.18. The second-order valence-electron chi connectivity index (χ2n) is 5.83. The molecule has 0 radical (unpaired) electrons. The van der Waals surface area contributed by atoms with Crippen LogP contribution in [-0.2, 0) is 0 Å². The van der Waals surface area contributed by atoms with Crippen molar-refractivity contribution in [1.29, 1.82) is 0 Å². The molecule has 1 fully saturated rings. The van der Waals surface area contributed by atoms with Crippen molar-refractivity contribution in [3.05, 3.63) is 58.9 Å². The summed E-state index contributed by atoms with van der Waals surface area (Å²) in [6.07, 6.45) is 4.28. The molecule has 124 valence electrons. The van der Waals surface area contributed by atoms with Gasteiger partial charge >= 0.3 is 0 Å². The molecule has 1 aliphatic carbocycles. The monoisotopic (exact) mass is 343 g/mol. The summed E-state index contributed by atoms with van der Waals surface area (Å²) in [5.41, 5.74) is 1.02. The fraction of sp³-hybridized carbons (Fsp3) is 0.278.